The van der Waals surface area contributed by atoms with Gasteiger partial charge in [0, 0.05) is 18.0 Å². The number of rotatable bonds is 3. The molecule has 1 unspecified atom stereocenters. The maximum atomic E-state index is 12.1. The molecule has 0 saturated carbocycles. The molecular weight excluding hydrogens is 276 g/mol. The Kier molecular flexibility index (Phi) is 4.25. The first-order valence-corrected chi connectivity index (χ1v) is 6.60. The average molecular weight is 291 g/mol. The normalized spacial score (nSPS) is 11.9. The van der Waals surface area contributed by atoms with Crippen LogP contribution in [0.3, 0.4) is 0 Å². The number of nitrogens with one attached hydrogen (secondary N) is 1. The molecule has 1 amide bonds. The van der Waals surface area contributed by atoms with Crippen molar-refractivity contribution in [3.05, 3.63) is 63.5 Å². The van der Waals surface area contributed by atoms with Crippen molar-refractivity contribution in [2.45, 2.75) is 19.9 Å². The molecular formula is C15H15ClN2O2. The quantitative estimate of drug-likeness (QED) is 0.945. The number of hydrogen-bond donors (Lipinski definition) is 1. The Bertz CT molecular complexity index is 677. The number of anilines is 1. The summed E-state index contributed by atoms with van der Waals surface area (Å²) in [6.07, 6.45) is 1.46. The van der Waals surface area contributed by atoms with Crippen molar-refractivity contribution in [1.82, 2.24) is 4.57 Å². The van der Waals surface area contributed by atoms with E-state index in [2.05, 4.69) is 5.32 Å². The van der Waals surface area contributed by atoms with E-state index in [1.54, 1.807) is 6.92 Å². The molecule has 2 aromatic rings. The summed E-state index contributed by atoms with van der Waals surface area (Å²) < 4.78 is 1.31. The van der Waals surface area contributed by atoms with Crippen molar-refractivity contribution in [2.75, 3.05) is 5.32 Å². The van der Waals surface area contributed by atoms with Crippen LogP contribution in [0.25, 0.3) is 0 Å². The molecule has 1 aromatic heterocycles. The fraction of sp³-hybridized carbons (Fsp3) is 0.200. The molecule has 1 N–H and O–H groups in total. The number of aromatic nitrogens is 1. The molecule has 1 atom stereocenters. The molecule has 5 heteroatoms. The summed E-state index contributed by atoms with van der Waals surface area (Å²) in [5, 5.41) is 3.19. The first kappa shape index (κ1) is 14.3. The van der Waals surface area contributed by atoms with Crippen LogP contribution in [0.4, 0.5) is 5.69 Å². The predicted molar refractivity (Wildman–Crippen MR) is 80.2 cm³/mol. The molecule has 2 rings (SSSR count). The molecule has 0 fully saturated rings. The lowest BCUT2D eigenvalue weighted by atomic mass is 10.2. The highest BCUT2D eigenvalue weighted by Gasteiger charge is 2.16. The van der Waals surface area contributed by atoms with E-state index in [9.17, 15) is 9.59 Å². The van der Waals surface area contributed by atoms with E-state index < -0.39 is 6.04 Å². The van der Waals surface area contributed by atoms with Gasteiger partial charge in [-0.2, -0.15) is 0 Å². The third-order valence-electron chi connectivity index (χ3n) is 3.02. The first-order valence-electron chi connectivity index (χ1n) is 6.22. The van der Waals surface area contributed by atoms with E-state index in [0.29, 0.717) is 10.7 Å². The first-order chi connectivity index (χ1) is 9.47. The van der Waals surface area contributed by atoms with Crippen molar-refractivity contribution in [1.29, 1.82) is 0 Å². The van der Waals surface area contributed by atoms with Gasteiger partial charge in [-0.15, -0.1) is 0 Å². The van der Waals surface area contributed by atoms with Crippen LogP contribution in [0.1, 0.15) is 18.5 Å². The summed E-state index contributed by atoms with van der Waals surface area (Å²) in [6, 6.07) is 9.67. The molecule has 20 heavy (non-hydrogen) atoms. The van der Waals surface area contributed by atoms with E-state index in [4.69, 9.17) is 11.6 Å². The molecule has 0 bridgehead atoms. The lowest BCUT2D eigenvalue weighted by molar-refractivity contribution is -0.118. The molecule has 0 aliphatic heterocycles. The third-order valence-corrected chi connectivity index (χ3v) is 3.24. The van der Waals surface area contributed by atoms with Crippen LogP contribution in [0.2, 0.25) is 5.02 Å². The van der Waals surface area contributed by atoms with Crippen LogP contribution in [0, 0.1) is 6.92 Å². The summed E-state index contributed by atoms with van der Waals surface area (Å²) in [4.78, 5) is 23.9. The molecule has 0 saturated heterocycles. The Morgan fingerprint density at radius 2 is 1.85 bits per heavy atom. The van der Waals surface area contributed by atoms with E-state index in [1.165, 1.54) is 22.9 Å². The maximum absolute atomic E-state index is 12.1. The van der Waals surface area contributed by atoms with Crippen molar-refractivity contribution in [2.24, 2.45) is 0 Å². The second-order valence-corrected chi connectivity index (χ2v) is 5.06. The highest BCUT2D eigenvalue weighted by molar-refractivity contribution is 6.30. The van der Waals surface area contributed by atoms with Gasteiger partial charge in [0.2, 0.25) is 5.91 Å². The van der Waals surface area contributed by atoms with E-state index in [1.807, 2.05) is 31.2 Å². The standard InChI is InChI=1S/C15H15ClN2O2/c1-10-3-6-13(7-4-10)17-15(20)11(2)18-9-12(16)5-8-14(18)19/h3-9,11H,1-2H3,(H,17,20). The maximum Gasteiger partial charge on any atom is 0.251 e. The van der Waals surface area contributed by atoms with Gasteiger partial charge in [-0.3, -0.25) is 9.59 Å². The van der Waals surface area contributed by atoms with Crippen LogP contribution >= 0.6 is 11.6 Å². The van der Waals surface area contributed by atoms with Gasteiger partial charge in [0.1, 0.15) is 6.04 Å². The Hall–Kier alpha value is -2.07. The molecule has 0 aliphatic rings. The minimum atomic E-state index is -0.637. The second kappa shape index (κ2) is 5.92. The van der Waals surface area contributed by atoms with E-state index in [0.717, 1.165) is 5.56 Å². The minimum Gasteiger partial charge on any atom is -0.324 e. The highest BCUT2D eigenvalue weighted by Crippen LogP contribution is 2.13. The molecule has 1 aromatic carbocycles. The smallest absolute Gasteiger partial charge is 0.251 e. The van der Waals surface area contributed by atoms with E-state index >= 15 is 0 Å². The van der Waals surface area contributed by atoms with Gasteiger partial charge >= 0.3 is 0 Å². The molecule has 1 heterocycles. The minimum absolute atomic E-state index is 0.263. The number of halogens is 1. The van der Waals surface area contributed by atoms with Crippen molar-refractivity contribution in [3.8, 4) is 0 Å². The van der Waals surface area contributed by atoms with Crippen molar-refractivity contribution >= 4 is 23.2 Å². The summed E-state index contributed by atoms with van der Waals surface area (Å²) in [6.45, 7) is 3.63. The molecule has 104 valence electrons. The second-order valence-electron chi connectivity index (χ2n) is 4.62. The molecule has 0 radical (unpaired) electrons. The van der Waals surface area contributed by atoms with Crippen molar-refractivity contribution in [3.63, 3.8) is 0 Å². The van der Waals surface area contributed by atoms with Crippen LogP contribution < -0.4 is 10.9 Å². The molecule has 4 nitrogen and oxygen atoms in total. The summed E-state index contributed by atoms with van der Waals surface area (Å²) in [7, 11) is 0. The van der Waals surface area contributed by atoms with Crippen LogP contribution in [-0.2, 0) is 4.79 Å². The van der Waals surface area contributed by atoms with Gasteiger partial charge in [-0.1, -0.05) is 29.3 Å². The van der Waals surface area contributed by atoms with E-state index in [-0.39, 0.29) is 11.5 Å². The predicted octanol–water partition coefficient (Wildman–Crippen LogP) is 3.01. The lowest BCUT2D eigenvalue weighted by Gasteiger charge is -2.15. The van der Waals surface area contributed by atoms with Gasteiger partial charge < -0.3 is 9.88 Å². The van der Waals surface area contributed by atoms with Gasteiger partial charge in [-0.25, -0.2) is 0 Å². The molecule has 0 aliphatic carbocycles. The van der Waals surface area contributed by atoms with Crippen molar-refractivity contribution < 1.29 is 4.79 Å². The number of pyridine rings is 1. The fourth-order valence-corrected chi connectivity index (χ4v) is 1.96. The monoisotopic (exact) mass is 290 g/mol. The summed E-state index contributed by atoms with van der Waals surface area (Å²) >= 11 is 5.85. The van der Waals surface area contributed by atoms with Gasteiger partial charge in [0.05, 0.1) is 5.02 Å². The zero-order valence-corrected chi connectivity index (χ0v) is 12.0. The van der Waals surface area contributed by atoms with Gasteiger partial charge in [-0.05, 0) is 32.0 Å². The Balaban J connectivity index is 2.18. The largest absolute Gasteiger partial charge is 0.324 e. The number of benzene rings is 1. The highest BCUT2D eigenvalue weighted by atomic mass is 35.5. The topological polar surface area (TPSA) is 51.1 Å². The van der Waals surface area contributed by atoms with Crippen LogP contribution in [0.5, 0.6) is 0 Å². The number of carbonyl (C=O) groups is 1. The fourth-order valence-electron chi connectivity index (χ4n) is 1.79. The lowest BCUT2D eigenvalue weighted by Crippen LogP contribution is -2.30. The zero-order valence-electron chi connectivity index (χ0n) is 11.3. The molecule has 0 spiro atoms. The van der Waals surface area contributed by atoms with Crippen LogP contribution in [0.15, 0.2) is 47.4 Å². The Labute approximate surface area is 122 Å². The Morgan fingerprint density at radius 1 is 1.20 bits per heavy atom. The summed E-state index contributed by atoms with van der Waals surface area (Å²) in [5.41, 5.74) is 1.55. The number of nitrogens with zero attached hydrogens (tertiary/aromatic N) is 1. The SMILES string of the molecule is Cc1ccc(NC(=O)C(C)n2cc(Cl)ccc2=O)cc1. The van der Waals surface area contributed by atoms with Gasteiger partial charge in [0.15, 0.2) is 0 Å². The number of carbonyl (C=O) groups excluding carboxylic acids is 1. The number of aryl methyl sites for hydroxylation is 1. The average Bonchev–Trinajstić information content (AvgIpc) is 2.43. The van der Waals surface area contributed by atoms with Crippen LogP contribution in [-0.4, -0.2) is 10.5 Å². The third kappa shape index (κ3) is 3.27. The number of amides is 1. The number of hydrogen-bond acceptors (Lipinski definition) is 2. The Morgan fingerprint density at radius 3 is 2.50 bits per heavy atom. The summed E-state index contributed by atoms with van der Waals surface area (Å²) in [5.74, 6) is -0.266. The van der Waals surface area contributed by atoms with Gasteiger partial charge in [0.25, 0.3) is 5.56 Å². The zero-order chi connectivity index (χ0) is 14.7.